The topological polar surface area (TPSA) is 0 Å². The SMILES string of the molecule is CC(C)C.Cc1ccc(C2CCCCCC2)cc1C. The molecule has 0 heterocycles. The van der Waals surface area contributed by atoms with Crippen molar-refractivity contribution >= 4 is 0 Å². The van der Waals surface area contributed by atoms with E-state index in [0.29, 0.717) is 0 Å². The first-order valence-corrected chi connectivity index (χ1v) is 8.08. The van der Waals surface area contributed by atoms with E-state index in [-0.39, 0.29) is 0 Å². The van der Waals surface area contributed by atoms with Crippen LogP contribution in [0.1, 0.15) is 81.9 Å². The van der Waals surface area contributed by atoms with Gasteiger partial charge >= 0.3 is 0 Å². The van der Waals surface area contributed by atoms with E-state index < -0.39 is 0 Å². The molecule has 1 aliphatic carbocycles. The fraction of sp³-hybridized carbons (Fsp3) is 0.684. The van der Waals surface area contributed by atoms with Gasteiger partial charge in [0.1, 0.15) is 0 Å². The predicted molar refractivity (Wildman–Crippen MR) is 86.9 cm³/mol. The summed E-state index contributed by atoms with van der Waals surface area (Å²) in [5, 5.41) is 0. The Morgan fingerprint density at radius 2 is 1.37 bits per heavy atom. The minimum Gasteiger partial charge on any atom is -0.0630 e. The molecule has 0 heteroatoms. The lowest BCUT2D eigenvalue weighted by Gasteiger charge is -2.15. The number of aryl methyl sites for hydroxylation is 2. The van der Waals surface area contributed by atoms with Gasteiger partial charge in [-0.05, 0) is 55.2 Å². The Kier molecular flexibility index (Phi) is 7.20. The van der Waals surface area contributed by atoms with Crippen molar-refractivity contribution in [1.29, 1.82) is 0 Å². The second kappa shape index (κ2) is 8.40. The normalized spacial score (nSPS) is 16.7. The lowest BCUT2D eigenvalue weighted by atomic mass is 9.90. The Morgan fingerprint density at radius 1 is 0.842 bits per heavy atom. The molecule has 1 aromatic carbocycles. The lowest BCUT2D eigenvalue weighted by molar-refractivity contribution is 0.592. The summed E-state index contributed by atoms with van der Waals surface area (Å²) in [6.45, 7) is 10.9. The van der Waals surface area contributed by atoms with Gasteiger partial charge in [-0.2, -0.15) is 0 Å². The molecule has 0 aliphatic heterocycles. The highest BCUT2D eigenvalue weighted by atomic mass is 14.2. The molecule has 1 fully saturated rings. The van der Waals surface area contributed by atoms with Crippen LogP contribution in [0.5, 0.6) is 0 Å². The van der Waals surface area contributed by atoms with Crippen LogP contribution >= 0.6 is 0 Å². The number of hydrogen-bond donors (Lipinski definition) is 0. The monoisotopic (exact) mass is 260 g/mol. The van der Waals surface area contributed by atoms with Crippen LogP contribution in [0.25, 0.3) is 0 Å². The fourth-order valence-corrected chi connectivity index (χ4v) is 2.63. The van der Waals surface area contributed by atoms with Gasteiger partial charge in [-0.15, -0.1) is 0 Å². The van der Waals surface area contributed by atoms with Crippen LogP contribution in [0.4, 0.5) is 0 Å². The van der Waals surface area contributed by atoms with Gasteiger partial charge in [0.15, 0.2) is 0 Å². The summed E-state index contributed by atoms with van der Waals surface area (Å²) < 4.78 is 0. The fourth-order valence-electron chi connectivity index (χ4n) is 2.63. The molecule has 0 nitrogen and oxygen atoms in total. The molecule has 0 unspecified atom stereocenters. The Bertz CT molecular complexity index is 352. The molecular formula is C19H32. The summed E-state index contributed by atoms with van der Waals surface area (Å²) in [6, 6.07) is 7.04. The van der Waals surface area contributed by atoms with Crippen LogP contribution in [-0.4, -0.2) is 0 Å². The standard InChI is InChI=1S/C15H22.C4H10/c1-12-9-10-15(11-13(12)2)14-7-5-3-4-6-8-14;1-4(2)3/h9-11,14H,3-8H2,1-2H3;4H,1-3H3. The first-order chi connectivity index (χ1) is 9.00. The second-order valence-corrected chi connectivity index (χ2v) is 6.76. The number of hydrogen-bond acceptors (Lipinski definition) is 0. The quantitative estimate of drug-likeness (QED) is 0.512. The first-order valence-electron chi connectivity index (χ1n) is 8.08. The minimum atomic E-state index is 0.833. The van der Waals surface area contributed by atoms with E-state index in [9.17, 15) is 0 Å². The smallest absolute Gasteiger partial charge is 0.0162 e. The van der Waals surface area contributed by atoms with E-state index in [1.807, 2.05) is 0 Å². The van der Waals surface area contributed by atoms with Crippen LogP contribution in [0.2, 0.25) is 0 Å². The van der Waals surface area contributed by atoms with Gasteiger partial charge in [-0.25, -0.2) is 0 Å². The summed E-state index contributed by atoms with van der Waals surface area (Å²) in [5.74, 6) is 1.67. The zero-order chi connectivity index (χ0) is 14.3. The van der Waals surface area contributed by atoms with E-state index in [1.165, 1.54) is 49.7 Å². The molecule has 1 aliphatic rings. The molecule has 0 N–H and O–H groups in total. The highest BCUT2D eigenvalue weighted by Crippen LogP contribution is 2.32. The zero-order valence-corrected chi connectivity index (χ0v) is 13.6. The molecular weight excluding hydrogens is 228 g/mol. The molecule has 108 valence electrons. The largest absolute Gasteiger partial charge is 0.0630 e. The molecule has 0 aromatic heterocycles. The first kappa shape index (κ1) is 16.3. The summed E-state index contributed by atoms with van der Waals surface area (Å²) in [4.78, 5) is 0. The van der Waals surface area contributed by atoms with E-state index in [4.69, 9.17) is 0 Å². The maximum absolute atomic E-state index is 2.41. The van der Waals surface area contributed by atoms with E-state index in [1.54, 1.807) is 5.56 Å². The van der Waals surface area contributed by atoms with Crippen molar-refractivity contribution in [2.24, 2.45) is 5.92 Å². The predicted octanol–water partition coefficient (Wildman–Crippen LogP) is 6.40. The third kappa shape index (κ3) is 6.27. The van der Waals surface area contributed by atoms with Crippen LogP contribution in [0, 0.1) is 19.8 Å². The minimum absolute atomic E-state index is 0.833. The molecule has 0 atom stereocenters. The van der Waals surface area contributed by atoms with E-state index >= 15 is 0 Å². The highest BCUT2D eigenvalue weighted by Gasteiger charge is 2.14. The number of rotatable bonds is 1. The van der Waals surface area contributed by atoms with Crippen molar-refractivity contribution in [3.8, 4) is 0 Å². The molecule has 0 radical (unpaired) electrons. The van der Waals surface area contributed by atoms with Crippen molar-refractivity contribution in [2.45, 2.75) is 79.1 Å². The van der Waals surface area contributed by atoms with Crippen molar-refractivity contribution in [2.75, 3.05) is 0 Å². The third-order valence-corrected chi connectivity index (χ3v) is 3.86. The van der Waals surface area contributed by atoms with Crippen molar-refractivity contribution in [3.05, 3.63) is 34.9 Å². The van der Waals surface area contributed by atoms with Gasteiger partial charge in [-0.1, -0.05) is 64.7 Å². The van der Waals surface area contributed by atoms with E-state index in [2.05, 4.69) is 52.8 Å². The Morgan fingerprint density at radius 3 is 1.84 bits per heavy atom. The Balaban J connectivity index is 0.000000399. The Labute approximate surface area is 120 Å². The lowest BCUT2D eigenvalue weighted by Crippen LogP contribution is -1.98. The summed E-state index contributed by atoms with van der Waals surface area (Å²) >= 11 is 0. The molecule has 19 heavy (non-hydrogen) atoms. The summed E-state index contributed by atoms with van der Waals surface area (Å²) in [5.41, 5.74) is 4.46. The van der Waals surface area contributed by atoms with E-state index in [0.717, 1.165) is 11.8 Å². The molecule has 1 saturated carbocycles. The van der Waals surface area contributed by atoms with Crippen LogP contribution in [0.15, 0.2) is 18.2 Å². The highest BCUT2D eigenvalue weighted by molar-refractivity contribution is 5.32. The summed E-state index contributed by atoms with van der Waals surface area (Å²) in [6.07, 6.45) is 8.56. The number of benzene rings is 1. The zero-order valence-electron chi connectivity index (χ0n) is 13.6. The van der Waals surface area contributed by atoms with Crippen molar-refractivity contribution in [3.63, 3.8) is 0 Å². The third-order valence-electron chi connectivity index (χ3n) is 3.86. The van der Waals surface area contributed by atoms with Gasteiger partial charge in [0.25, 0.3) is 0 Å². The Hall–Kier alpha value is -0.780. The van der Waals surface area contributed by atoms with Crippen LogP contribution in [0.3, 0.4) is 0 Å². The van der Waals surface area contributed by atoms with Gasteiger partial charge in [0, 0.05) is 0 Å². The van der Waals surface area contributed by atoms with Crippen molar-refractivity contribution in [1.82, 2.24) is 0 Å². The molecule has 0 amide bonds. The molecule has 1 aromatic rings. The maximum Gasteiger partial charge on any atom is -0.0162 e. The molecule has 2 rings (SSSR count). The second-order valence-electron chi connectivity index (χ2n) is 6.76. The van der Waals surface area contributed by atoms with Gasteiger partial charge in [-0.3, -0.25) is 0 Å². The molecule has 0 spiro atoms. The maximum atomic E-state index is 2.41. The van der Waals surface area contributed by atoms with Crippen LogP contribution < -0.4 is 0 Å². The summed E-state index contributed by atoms with van der Waals surface area (Å²) in [7, 11) is 0. The van der Waals surface area contributed by atoms with Crippen LogP contribution in [-0.2, 0) is 0 Å². The molecule has 0 bridgehead atoms. The van der Waals surface area contributed by atoms with Crippen molar-refractivity contribution < 1.29 is 0 Å². The van der Waals surface area contributed by atoms with Gasteiger partial charge < -0.3 is 0 Å². The average Bonchev–Trinajstić information content (AvgIpc) is 2.60. The average molecular weight is 260 g/mol. The van der Waals surface area contributed by atoms with Gasteiger partial charge in [0.2, 0.25) is 0 Å². The van der Waals surface area contributed by atoms with Gasteiger partial charge in [0.05, 0.1) is 0 Å². The molecule has 0 saturated heterocycles.